The molecule has 0 aliphatic carbocycles. The van der Waals surface area contributed by atoms with Gasteiger partial charge in [0.05, 0.1) is 23.8 Å². The van der Waals surface area contributed by atoms with Crippen LogP contribution in [0.3, 0.4) is 0 Å². The number of benzene rings is 2. The van der Waals surface area contributed by atoms with E-state index in [1.165, 1.54) is 0 Å². The predicted octanol–water partition coefficient (Wildman–Crippen LogP) is 3.91. The number of hydrogen-bond donors (Lipinski definition) is 1. The third-order valence-corrected chi connectivity index (χ3v) is 4.46. The molecule has 25 heavy (non-hydrogen) atoms. The highest BCUT2D eigenvalue weighted by Gasteiger charge is 2.17. The van der Waals surface area contributed by atoms with Gasteiger partial charge in [-0.25, -0.2) is 4.68 Å². The summed E-state index contributed by atoms with van der Waals surface area (Å²) in [4.78, 5) is 12.5. The lowest BCUT2D eigenvalue weighted by atomic mass is 10.1. The summed E-state index contributed by atoms with van der Waals surface area (Å²) in [5.74, 6) is 0.00941. The van der Waals surface area contributed by atoms with Crippen molar-refractivity contribution in [1.29, 1.82) is 0 Å². The van der Waals surface area contributed by atoms with Crippen LogP contribution in [-0.4, -0.2) is 15.7 Å². The Kier molecular flexibility index (Phi) is 4.98. The van der Waals surface area contributed by atoms with Gasteiger partial charge < -0.3 is 5.32 Å². The van der Waals surface area contributed by atoms with Gasteiger partial charge in [-0.2, -0.15) is 5.10 Å². The number of carbonyl (C=O) groups is 1. The first-order valence-corrected chi connectivity index (χ1v) is 8.51. The first-order chi connectivity index (χ1) is 12.1. The van der Waals surface area contributed by atoms with Gasteiger partial charge in [0.1, 0.15) is 0 Å². The lowest BCUT2D eigenvalue weighted by Gasteiger charge is -2.14. The van der Waals surface area contributed by atoms with Gasteiger partial charge >= 0.3 is 0 Å². The largest absolute Gasteiger partial charge is 0.349 e. The van der Waals surface area contributed by atoms with Crippen LogP contribution in [0.5, 0.6) is 0 Å². The van der Waals surface area contributed by atoms with E-state index in [4.69, 9.17) is 0 Å². The fourth-order valence-corrected chi connectivity index (χ4v) is 3.03. The van der Waals surface area contributed by atoms with E-state index in [0.29, 0.717) is 6.42 Å². The first kappa shape index (κ1) is 17.0. The molecule has 3 aromatic rings. The molecule has 128 valence electrons. The molecule has 1 heterocycles. The van der Waals surface area contributed by atoms with Gasteiger partial charge in [0.2, 0.25) is 5.91 Å². The van der Waals surface area contributed by atoms with Crippen LogP contribution in [0.4, 0.5) is 0 Å². The second-order valence-corrected chi connectivity index (χ2v) is 6.27. The van der Waals surface area contributed by atoms with Crippen LogP contribution < -0.4 is 5.32 Å². The normalized spacial score (nSPS) is 12.0. The molecule has 4 heteroatoms. The molecule has 3 rings (SSSR count). The minimum Gasteiger partial charge on any atom is -0.349 e. The van der Waals surface area contributed by atoms with Crippen LogP contribution in [-0.2, 0) is 11.2 Å². The average Bonchev–Trinajstić information content (AvgIpc) is 2.91. The molecule has 0 aliphatic rings. The van der Waals surface area contributed by atoms with E-state index < -0.39 is 0 Å². The summed E-state index contributed by atoms with van der Waals surface area (Å²) in [5.41, 5.74) is 4.99. The maximum Gasteiger partial charge on any atom is 0.225 e. The fourth-order valence-electron chi connectivity index (χ4n) is 3.03. The van der Waals surface area contributed by atoms with Crippen LogP contribution in [0.2, 0.25) is 0 Å². The number of rotatable bonds is 5. The van der Waals surface area contributed by atoms with Crippen molar-refractivity contribution in [3.8, 4) is 5.69 Å². The molecule has 1 atom stereocenters. The summed E-state index contributed by atoms with van der Waals surface area (Å²) in [6.07, 6.45) is 0.335. The zero-order chi connectivity index (χ0) is 17.8. The van der Waals surface area contributed by atoms with Gasteiger partial charge in [0.25, 0.3) is 0 Å². The molecule has 1 N–H and O–H groups in total. The minimum absolute atomic E-state index is 0.00941. The molecule has 0 fully saturated rings. The Labute approximate surface area is 148 Å². The fraction of sp³-hybridized carbons (Fsp3) is 0.238. The van der Waals surface area contributed by atoms with Crippen molar-refractivity contribution in [1.82, 2.24) is 15.1 Å². The van der Waals surface area contributed by atoms with Crippen molar-refractivity contribution in [3.05, 3.63) is 83.2 Å². The summed E-state index contributed by atoms with van der Waals surface area (Å²) in [6, 6.07) is 20.0. The molecule has 0 saturated heterocycles. The van der Waals surface area contributed by atoms with Gasteiger partial charge in [-0.3, -0.25) is 4.79 Å². The SMILES string of the molecule is Cc1nn(-c2ccccc2)c(C)c1CC(=O)NC(C)c1ccccc1. The molecule has 0 saturated carbocycles. The highest BCUT2D eigenvalue weighted by atomic mass is 16.1. The summed E-state index contributed by atoms with van der Waals surface area (Å²) in [7, 11) is 0. The third-order valence-electron chi connectivity index (χ3n) is 4.46. The minimum atomic E-state index is -0.0153. The first-order valence-electron chi connectivity index (χ1n) is 8.51. The van der Waals surface area contributed by atoms with Crippen molar-refractivity contribution >= 4 is 5.91 Å². The molecule has 1 aromatic heterocycles. The summed E-state index contributed by atoms with van der Waals surface area (Å²) >= 11 is 0. The Morgan fingerprint density at radius 1 is 1.04 bits per heavy atom. The summed E-state index contributed by atoms with van der Waals surface area (Å²) < 4.78 is 1.90. The lowest BCUT2D eigenvalue weighted by Crippen LogP contribution is -2.28. The molecule has 0 radical (unpaired) electrons. The van der Waals surface area contributed by atoms with E-state index in [2.05, 4.69) is 10.4 Å². The maximum absolute atomic E-state index is 12.5. The van der Waals surface area contributed by atoms with Crippen molar-refractivity contribution in [2.45, 2.75) is 33.2 Å². The molecule has 0 aliphatic heterocycles. The van der Waals surface area contributed by atoms with Crippen LogP contribution >= 0.6 is 0 Å². The van der Waals surface area contributed by atoms with E-state index in [0.717, 1.165) is 28.2 Å². The Bertz CT molecular complexity index is 854. The summed E-state index contributed by atoms with van der Waals surface area (Å²) in [5, 5.41) is 7.68. The van der Waals surface area contributed by atoms with Gasteiger partial charge in [-0.15, -0.1) is 0 Å². The number of aryl methyl sites for hydroxylation is 1. The lowest BCUT2D eigenvalue weighted by molar-refractivity contribution is -0.121. The van der Waals surface area contributed by atoms with Gasteiger partial charge in [-0.05, 0) is 38.5 Å². The van der Waals surface area contributed by atoms with Crippen LogP contribution in [0.25, 0.3) is 5.69 Å². The molecule has 0 bridgehead atoms. The highest BCUT2D eigenvalue weighted by Crippen LogP contribution is 2.19. The smallest absolute Gasteiger partial charge is 0.225 e. The predicted molar refractivity (Wildman–Crippen MR) is 99.7 cm³/mol. The third kappa shape index (κ3) is 3.79. The Balaban J connectivity index is 1.75. The van der Waals surface area contributed by atoms with Crippen molar-refractivity contribution < 1.29 is 4.79 Å². The van der Waals surface area contributed by atoms with Crippen LogP contribution in [0, 0.1) is 13.8 Å². The van der Waals surface area contributed by atoms with E-state index in [1.54, 1.807) is 0 Å². The number of amides is 1. The number of aromatic nitrogens is 2. The second kappa shape index (κ2) is 7.34. The number of nitrogens with zero attached hydrogens (tertiary/aromatic N) is 2. The van der Waals surface area contributed by atoms with Crippen molar-refractivity contribution in [2.75, 3.05) is 0 Å². The molecule has 0 spiro atoms. The maximum atomic E-state index is 12.5. The molecule has 1 unspecified atom stereocenters. The zero-order valence-electron chi connectivity index (χ0n) is 14.9. The number of hydrogen-bond acceptors (Lipinski definition) is 2. The van der Waals surface area contributed by atoms with E-state index in [1.807, 2.05) is 86.1 Å². The van der Waals surface area contributed by atoms with Crippen molar-refractivity contribution in [2.24, 2.45) is 0 Å². The zero-order valence-corrected chi connectivity index (χ0v) is 14.9. The van der Waals surface area contributed by atoms with E-state index in [9.17, 15) is 4.79 Å². The van der Waals surface area contributed by atoms with Gasteiger partial charge in [-0.1, -0.05) is 48.5 Å². The number of carbonyl (C=O) groups excluding carboxylic acids is 1. The molecular weight excluding hydrogens is 310 g/mol. The molecule has 2 aromatic carbocycles. The van der Waals surface area contributed by atoms with Gasteiger partial charge in [0.15, 0.2) is 0 Å². The molecular formula is C21H23N3O. The Hall–Kier alpha value is -2.88. The molecule has 4 nitrogen and oxygen atoms in total. The van der Waals surface area contributed by atoms with E-state index in [-0.39, 0.29) is 11.9 Å². The Morgan fingerprint density at radius 3 is 2.28 bits per heavy atom. The highest BCUT2D eigenvalue weighted by molar-refractivity contribution is 5.79. The average molecular weight is 333 g/mol. The monoisotopic (exact) mass is 333 g/mol. The van der Waals surface area contributed by atoms with Crippen molar-refractivity contribution in [3.63, 3.8) is 0 Å². The standard InChI is InChI=1S/C21H23N3O/c1-15(18-10-6-4-7-11-18)22-21(25)14-20-16(2)23-24(17(20)3)19-12-8-5-9-13-19/h4-13,15H,14H2,1-3H3,(H,22,25). The number of nitrogens with one attached hydrogen (secondary N) is 1. The second-order valence-electron chi connectivity index (χ2n) is 6.27. The quantitative estimate of drug-likeness (QED) is 0.769. The topological polar surface area (TPSA) is 46.9 Å². The Morgan fingerprint density at radius 2 is 1.64 bits per heavy atom. The van der Waals surface area contributed by atoms with Crippen LogP contribution in [0.1, 0.15) is 35.5 Å². The van der Waals surface area contributed by atoms with E-state index >= 15 is 0 Å². The van der Waals surface area contributed by atoms with Gasteiger partial charge in [0, 0.05) is 11.3 Å². The number of para-hydroxylation sites is 1. The molecule has 1 amide bonds. The van der Waals surface area contributed by atoms with Crippen LogP contribution in [0.15, 0.2) is 60.7 Å². The summed E-state index contributed by atoms with van der Waals surface area (Å²) in [6.45, 7) is 5.96.